The molecule has 106 valence electrons. The Labute approximate surface area is 119 Å². The molecule has 0 bridgehead atoms. The van der Waals surface area contributed by atoms with Crippen LogP contribution in [0.15, 0.2) is 41.1 Å². The highest BCUT2D eigenvalue weighted by Gasteiger charge is 2.27. The normalized spacial score (nSPS) is 11.3. The van der Waals surface area contributed by atoms with Gasteiger partial charge >= 0.3 is 0 Å². The zero-order chi connectivity index (χ0) is 14.9. The van der Waals surface area contributed by atoms with Gasteiger partial charge in [-0.1, -0.05) is 51.6 Å². The van der Waals surface area contributed by atoms with Crippen LogP contribution in [0.25, 0.3) is 11.0 Å². The minimum Gasteiger partial charge on any atom is -0.354 e. The van der Waals surface area contributed by atoms with E-state index in [1.807, 2.05) is 52.0 Å². The highest BCUT2D eigenvalue weighted by atomic mass is 16.5. The Kier molecular flexibility index (Phi) is 3.93. The molecule has 0 atom stereocenters. The van der Waals surface area contributed by atoms with Gasteiger partial charge in [-0.15, -0.1) is 0 Å². The number of fused-ring (bicyclic) bond motifs is 1. The maximum absolute atomic E-state index is 12.5. The summed E-state index contributed by atoms with van der Waals surface area (Å²) in [6, 6.07) is 7.51. The van der Waals surface area contributed by atoms with Crippen molar-refractivity contribution < 1.29 is 9.32 Å². The average Bonchev–Trinajstić information content (AvgIpc) is 2.82. The standard InChI is InChI=1S/C16H20N2O2/c1-10(2)12(5)18(16(19)11(3)4)15-13-8-6-7-9-14(13)20-17-15/h6-11H,5H2,1-4H3. The summed E-state index contributed by atoms with van der Waals surface area (Å²) in [5.74, 6) is 0.509. The van der Waals surface area contributed by atoms with E-state index in [4.69, 9.17) is 4.52 Å². The van der Waals surface area contributed by atoms with Gasteiger partial charge in [-0.05, 0) is 18.1 Å². The lowest BCUT2D eigenvalue weighted by molar-refractivity contribution is -0.121. The van der Waals surface area contributed by atoms with Crippen LogP contribution in [-0.4, -0.2) is 11.1 Å². The van der Waals surface area contributed by atoms with Crippen LogP contribution in [0.3, 0.4) is 0 Å². The van der Waals surface area contributed by atoms with Crippen molar-refractivity contribution in [3.05, 3.63) is 36.5 Å². The molecule has 1 aromatic carbocycles. The summed E-state index contributed by atoms with van der Waals surface area (Å²) in [7, 11) is 0. The van der Waals surface area contributed by atoms with Gasteiger partial charge in [-0.2, -0.15) is 0 Å². The first kappa shape index (κ1) is 14.3. The molecule has 0 N–H and O–H groups in total. The summed E-state index contributed by atoms with van der Waals surface area (Å²) in [6.45, 7) is 11.8. The van der Waals surface area contributed by atoms with Crippen molar-refractivity contribution in [3.63, 3.8) is 0 Å². The van der Waals surface area contributed by atoms with Gasteiger partial charge in [-0.3, -0.25) is 9.69 Å². The van der Waals surface area contributed by atoms with E-state index in [0.29, 0.717) is 11.4 Å². The smallest absolute Gasteiger partial charge is 0.235 e. The minimum atomic E-state index is -0.138. The fourth-order valence-electron chi connectivity index (χ4n) is 1.93. The number of anilines is 1. The number of carbonyl (C=O) groups is 1. The first-order chi connectivity index (χ1) is 9.43. The van der Waals surface area contributed by atoms with Crippen molar-refractivity contribution >= 4 is 22.7 Å². The number of hydrogen-bond donors (Lipinski definition) is 0. The molecule has 0 saturated heterocycles. The molecular weight excluding hydrogens is 252 g/mol. The molecule has 20 heavy (non-hydrogen) atoms. The number of nitrogens with zero attached hydrogens (tertiary/aromatic N) is 2. The molecule has 0 aliphatic rings. The van der Waals surface area contributed by atoms with Crippen LogP contribution in [0.2, 0.25) is 0 Å². The van der Waals surface area contributed by atoms with Crippen LogP contribution in [0.1, 0.15) is 27.7 Å². The number of rotatable bonds is 4. The number of carbonyl (C=O) groups excluding carboxylic acids is 1. The highest BCUT2D eigenvalue weighted by molar-refractivity contribution is 6.03. The Morgan fingerprint density at radius 1 is 1.20 bits per heavy atom. The largest absolute Gasteiger partial charge is 0.354 e. The Morgan fingerprint density at radius 2 is 1.85 bits per heavy atom. The summed E-state index contributed by atoms with van der Waals surface area (Å²) in [5.41, 5.74) is 1.39. The highest BCUT2D eigenvalue weighted by Crippen LogP contribution is 2.31. The summed E-state index contributed by atoms with van der Waals surface area (Å²) in [4.78, 5) is 14.1. The second-order valence-electron chi connectivity index (χ2n) is 5.48. The lowest BCUT2D eigenvalue weighted by atomic mass is 10.1. The van der Waals surface area contributed by atoms with Crippen LogP contribution < -0.4 is 4.90 Å². The molecule has 2 aromatic rings. The summed E-state index contributed by atoms with van der Waals surface area (Å²) in [6.07, 6.45) is 0. The maximum Gasteiger partial charge on any atom is 0.235 e. The quantitative estimate of drug-likeness (QED) is 0.845. The summed E-state index contributed by atoms with van der Waals surface area (Å²) in [5, 5.41) is 4.89. The Hall–Kier alpha value is -2.10. The Bertz CT molecular complexity index is 621. The molecular formula is C16H20N2O2. The van der Waals surface area contributed by atoms with E-state index in [0.717, 1.165) is 11.1 Å². The predicted octanol–water partition coefficient (Wildman–Crippen LogP) is 3.99. The Morgan fingerprint density at radius 3 is 2.45 bits per heavy atom. The van der Waals surface area contributed by atoms with Crippen molar-refractivity contribution in [1.82, 2.24) is 5.16 Å². The molecule has 4 heteroatoms. The molecule has 0 unspecified atom stereocenters. The van der Waals surface area contributed by atoms with Crippen molar-refractivity contribution in [3.8, 4) is 0 Å². The predicted molar refractivity (Wildman–Crippen MR) is 80.3 cm³/mol. The van der Waals surface area contributed by atoms with Gasteiger partial charge in [0, 0.05) is 11.6 Å². The van der Waals surface area contributed by atoms with Crippen LogP contribution in [0.4, 0.5) is 5.82 Å². The number of aromatic nitrogens is 1. The zero-order valence-corrected chi connectivity index (χ0v) is 12.4. The van der Waals surface area contributed by atoms with Crippen LogP contribution in [0.5, 0.6) is 0 Å². The van der Waals surface area contributed by atoms with E-state index in [1.54, 1.807) is 4.90 Å². The first-order valence-corrected chi connectivity index (χ1v) is 6.80. The summed E-state index contributed by atoms with van der Waals surface area (Å²) >= 11 is 0. The van der Waals surface area contributed by atoms with E-state index in [1.165, 1.54) is 0 Å². The van der Waals surface area contributed by atoms with Gasteiger partial charge in [0.2, 0.25) is 5.91 Å². The SMILES string of the molecule is C=C(C(C)C)N(C(=O)C(C)C)c1noc2ccccc12. The lowest BCUT2D eigenvalue weighted by Gasteiger charge is -2.26. The fourth-order valence-corrected chi connectivity index (χ4v) is 1.93. The molecule has 1 heterocycles. The first-order valence-electron chi connectivity index (χ1n) is 6.80. The molecule has 2 rings (SSSR count). The molecule has 0 fully saturated rings. The van der Waals surface area contributed by atoms with E-state index in [9.17, 15) is 4.79 Å². The van der Waals surface area contributed by atoms with Crippen molar-refractivity contribution in [2.24, 2.45) is 11.8 Å². The second kappa shape index (κ2) is 5.49. The van der Waals surface area contributed by atoms with Gasteiger partial charge in [0.1, 0.15) is 0 Å². The maximum atomic E-state index is 12.5. The molecule has 4 nitrogen and oxygen atoms in total. The number of amides is 1. The number of hydrogen-bond acceptors (Lipinski definition) is 3. The topological polar surface area (TPSA) is 46.3 Å². The van der Waals surface area contributed by atoms with E-state index >= 15 is 0 Å². The molecule has 0 radical (unpaired) electrons. The molecule has 1 amide bonds. The van der Waals surface area contributed by atoms with Crippen LogP contribution in [-0.2, 0) is 4.79 Å². The second-order valence-corrected chi connectivity index (χ2v) is 5.48. The monoisotopic (exact) mass is 272 g/mol. The molecule has 0 spiro atoms. The third-order valence-corrected chi connectivity index (χ3v) is 3.24. The average molecular weight is 272 g/mol. The van der Waals surface area contributed by atoms with Gasteiger partial charge in [0.25, 0.3) is 0 Å². The van der Waals surface area contributed by atoms with Crippen molar-refractivity contribution in [2.75, 3.05) is 4.90 Å². The molecule has 0 aliphatic carbocycles. The molecule has 1 aromatic heterocycles. The molecule has 0 aliphatic heterocycles. The van der Waals surface area contributed by atoms with E-state index in [-0.39, 0.29) is 17.7 Å². The summed E-state index contributed by atoms with van der Waals surface area (Å²) < 4.78 is 5.30. The third kappa shape index (κ3) is 2.46. The van der Waals surface area contributed by atoms with Crippen LogP contribution in [0, 0.1) is 11.8 Å². The number of para-hydroxylation sites is 1. The Balaban J connectivity index is 2.56. The minimum absolute atomic E-state index is 0.0252. The number of benzene rings is 1. The van der Waals surface area contributed by atoms with E-state index in [2.05, 4.69) is 11.7 Å². The zero-order valence-electron chi connectivity index (χ0n) is 12.4. The van der Waals surface area contributed by atoms with Gasteiger partial charge in [-0.25, -0.2) is 0 Å². The lowest BCUT2D eigenvalue weighted by Crippen LogP contribution is -2.35. The van der Waals surface area contributed by atoms with Gasteiger partial charge in [0.15, 0.2) is 11.4 Å². The van der Waals surface area contributed by atoms with Gasteiger partial charge < -0.3 is 4.52 Å². The van der Waals surface area contributed by atoms with Gasteiger partial charge in [0.05, 0.1) is 5.39 Å². The fraction of sp³-hybridized carbons (Fsp3) is 0.375. The molecule has 0 saturated carbocycles. The van der Waals surface area contributed by atoms with Crippen molar-refractivity contribution in [1.29, 1.82) is 0 Å². The van der Waals surface area contributed by atoms with Crippen LogP contribution >= 0.6 is 0 Å². The third-order valence-electron chi connectivity index (χ3n) is 3.24. The van der Waals surface area contributed by atoms with Crippen molar-refractivity contribution in [2.45, 2.75) is 27.7 Å². The number of allylic oxidation sites excluding steroid dienone is 1. The van der Waals surface area contributed by atoms with E-state index < -0.39 is 0 Å².